The monoisotopic (exact) mass is 334 g/mol. The summed E-state index contributed by atoms with van der Waals surface area (Å²) in [5.74, 6) is -0.370. The summed E-state index contributed by atoms with van der Waals surface area (Å²) in [6, 6.07) is 14.7. The van der Waals surface area contributed by atoms with E-state index in [4.69, 9.17) is 15.3 Å². The summed E-state index contributed by atoms with van der Waals surface area (Å²) in [5, 5.41) is 30.6. The van der Waals surface area contributed by atoms with E-state index in [0.717, 1.165) is 0 Å². The van der Waals surface area contributed by atoms with Crippen LogP contribution in [0.3, 0.4) is 0 Å². The lowest BCUT2D eigenvalue weighted by Crippen LogP contribution is -2.08. The number of hydrogen-bond donors (Lipinski definition) is 1. The number of nitrogens with one attached hydrogen (secondary N) is 1. The van der Waals surface area contributed by atoms with Gasteiger partial charge in [-0.25, -0.2) is 4.79 Å². The molecule has 0 saturated carbocycles. The highest BCUT2D eigenvalue weighted by molar-refractivity contribution is 5.91. The maximum atomic E-state index is 12.0. The van der Waals surface area contributed by atoms with Crippen LogP contribution < -0.4 is 10.1 Å². The van der Waals surface area contributed by atoms with Gasteiger partial charge in [-0.15, -0.1) is 0 Å². The van der Waals surface area contributed by atoms with E-state index >= 15 is 0 Å². The van der Waals surface area contributed by atoms with Crippen molar-refractivity contribution in [1.29, 1.82) is 10.5 Å². The lowest BCUT2D eigenvalue weighted by atomic mass is 10.2. The van der Waals surface area contributed by atoms with Crippen LogP contribution in [0.25, 0.3) is 0 Å². The molecule has 2 rings (SSSR count). The molecule has 8 nitrogen and oxygen atoms in total. The minimum atomic E-state index is -0.647. The highest BCUT2D eigenvalue weighted by Crippen LogP contribution is 2.18. The van der Waals surface area contributed by atoms with Crippen molar-refractivity contribution in [2.24, 2.45) is 0 Å². The molecule has 0 unspecified atom stereocenters. The van der Waals surface area contributed by atoms with E-state index in [2.05, 4.69) is 5.32 Å². The number of esters is 1. The van der Waals surface area contributed by atoms with Crippen LogP contribution in [0.1, 0.15) is 10.4 Å². The molecule has 2 aromatic rings. The number of allylic oxidation sites excluding steroid dienone is 1. The molecule has 8 heteroatoms. The fraction of sp³-hybridized carbons (Fsp3) is 0. The van der Waals surface area contributed by atoms with E-state index in [9.17, 15) is 14.9 Å². The Hall–Kier alpha value is -4.17. The molecule has 0 aliphatic rings. The smallest absolute Gasteiger partial charge is 0.343 e. The van der Waals surface area contributed by atoms with Gasteiger partial charge in [-0.05, 0) is 36.4 Å². The number of carbonyl (C=O) groups is 1. The molecule has 0 radical (unpaired) electrons. The number of non-ortho nitro benzene ring substituents is 1. The fourth-order valence-corrected chi connectivity index (χ4v) is 1.75. The van der Waals surface area contributed by atoms with E-state index in [1.165, 1.54) is 42.6 Å². The summed E-state index contributed by atoms with van der Waals surface area (Å²) in [6.45, 7) is 0. The van der Waals surface area contributed by atoms with Crippen LogP contribution in [-0.2, 0) is 0 Å². The zero-order chi connectivity index (χ0) is 18.2. The van der Waals surface area contributed by atoms with Gasteiger partial charge in [0.05, 0.1) is 10.5 Å². The van der Waals surface area contributed by atoms with Gasteiger partial charge in [-0.3, -0.25) is 10.1 Å². The largest absolute Gasteiger partial charge is 0.423 e. The van der Waals surface area contributed by atoms with Crippen molar-refractivity contribution in [3.63, 3.8) is 0 Å². The summed E-state index contributed by atoms with van der Waals surface area (Å²) in [7, 11) is 0. The van der Waals surface area contributed by atoms with Crippen molar-refractivity contribution >= 4 is 17.3 Å². The number of anilines is 1. The molecule has 1 N–H and O–H groups in total. The third kappa shape index (κ3) is 4.65. The average Bonchev–Trinajstić information content (AvgIpc) is 2.64. The molecular formula is C17H10N4O4. The first-order valence-electron chi connectivity index (χ1n) is 6.87. The maximum Gasteiger partial charge on any atom is 0.343 e. The SMILES string of the molecule is N#CC(C#N)=CNc1ccc(OC(=O)c2ccc([N+](=O)[O-])cc2)cc1. The number of nitriles is 2. The minimum absolute atomic E-state index is 0.0753. The van der Waals surface area contributed by atoms with Crippen LogP contribution in [0, 0.1) is 32.8 Å². The molecule has 0 fully saturated rings. The molecule has 0 aliphatic heterocycles. The summed E-state index contributed by atoms with van der Waals surface area (Å²) in [4.78, 5) is 22.0. The van der Waals surface area contributed by atoms with Gasteiger partial charge in [-0.2, -0.15) is 10.5 Å². The Balaban J connectivity index is 2.02. The van der Waals surface area contributed by atoms with E-state index in [0.29, 0.717) is 5.69 Å². The predicted octanol–water partition coefficient (Wildman–Crippen LogP) is 3.16. The molecule has 122 valence electrons. The van der Waals surface area contributed by atoms with Crippen molar-refractivity contribution in [3.05, 3.63) is 76.0 Å². The molecule has 0 heterocycles. The Morgan fingerprint density at radius 2 is 1.68 bits per heavy atom. The summed E-state index contributed by atoms with van der Waals surface area (Å²) in [5.41, 5.74) is 0.587. The van der Waals surface area contributed by atoms with Crippen LogP contribution in [0.2, 0.25) is 0 Å². The number of nitro groups is 1. The number of rotatable bonds is 5. The van der Waals surface area contributed by atoms with Gasteiger partial charge in [0.15, 0.2) is 0 Å². The predicted molar refractivity (Wildman–Crippen MR) is 87.4 cm³/mol. The summed E-state index contributed by atoms with van der Waals surface area (Å²) >= 11 is 0. The lowest BCUT2D eigenvalue weighted by molar-refractivity contribution is -0.384. The van der Waals surface area contributed by atoms with Gasteiger partial charge < -0.3 is 10.1 Å². The molecular weight excluding hydrogens is 324 g/mol. The maximum absolute atomic E-state index is 12.0. The van der Waals surface area contributed by atoms with Crippen LogP contribution in [0.15, 0.2) is 60.3 Å². The molecule has 25 heavy (non-hydrogen) atoms. The number of nitrogens with zero attached hydrogens (tertiary/aromatic N) is 3. The van der Waals surface area contributed by atoms with Gasteiger partial charge in [0.2, 0.25) is 0 Å². The summed E-state index contributed by atoms with van der Waals surface area (Å²) < 4.78 is 5.17. The van der Waals surface area contributed by atoms with Gasteiger partial charge in [0.1, 0.15) is 23.5 Å². The first kappa shape index (κ1) is 17.2. The number of nitro benzene ring substituents is 1. The third-order valence-corrected chi connectivity index (χ3v) is 3.00. The van der Waals surface area contributed by atoms with Crippen LogP contribution in [-0.4, -0.2) is 10.9 Å². The van der Waals surface area contributed by atoms with Crippen LogP contribution in [0.5, 0.6) is 5.75 Å². The zero-order valence-corrected chi connectivity index (χ0v) is 12.7. The van der Waals surface area contributed by atoms with Gasteiger partial charge in [0, 0.05) is 24.0 Å². The van der Waals surface area contributed by atoms with Gasteiger partial charge in [-0.1, -0.05) is 0 Å². The molecule has 0 bridgehead atoms. The molecule has 0 aliphatic carbocycles. The van der Waals surface area contributed by atoms with Crippen molar-refractivity contribution in [2.45, 2.75) is 0 Å². The Morgan fingerprint density at radius 3 is 2.20 bits per heavy atom. The van der Waals surface area contributed by atoms with Crippen molar-refractivity contribution in [2.75, 3.05) is 5.32 Å². The normalized spacial score (nSPS) is 9.20. The standard InChI is InChI=1S/C17H10N4O4/c18-9-12(10-19)11-20-14-3-7-16(8-4-14)25-17(22)13-1-5-15(6-2-13)21(23)24/h1-8,11,20H. The number of benzene rings is 2. The quantitative estimate of drug-likeness (QED) is 0.292. The Kier molecular flexibility index (Phi) is 5.43. The lowest BCUT2D eigenvalue weighted by Gasteiger charge is -2.06. The number of hydrogen-bond acceptors (Lipinski definition) is 7. The fourth-order valence-electron chi connectivity index (χ4n) is 1.75. The summed E-state index contributed by atoms with van der Waals surface area (Å²) in [6.07, 6.45) is 1.26. The van der Waals surface area contributed by atoms with Gasteiger partial charge >= 0.3 is 5.97 Å². The zero-order valence-electron chi connectivity index (χ0n) is 12.7. The second kappa shape index (κ2) is 7.90. The van der Waals surface area contributed by atoms with E-state index in [1.807, 2.05) is 0 Å². The number of ether oxygens (including phenoxy) is 1. The first-order valence-corrected chi connectivity index (χ1v) is 6.87. The van der Waals surface area contributed by atoms with Crippen LogP contribution in [0.4, 0.5) is 11.4 Å². The third-order valence-electron chi connectivity index (χ3n) is 3.00. The Labute approximate surface area is 142 Å². The van der Waals surface area contributed by atoms with Gasteiger partial charge in [0.25, 0.3) is 5.69 Å². The molecule has 0 saturated heterocycles. The highest BCUT2D eigenvalue weighted by atomic mass is 16.6. The van der Waals surface area contributed by atoms with Crippen molar-refractivity contribution < 1.29 is 14.5 Å². The Morgan fingerprint density at radius 1 is 1.08 bits per heavy atom. The van der Waals surface area contributed by atoms with E-state index < -0.39 is 10.9 Å². The molecule has 0 amide bonds. The molecule has 2 aromatic carbocycles. The molecule has 0 aromatic heterocycles. The van der Waals surface area contributed by atoms with Crippen LogP contribution >= 0.6 is 0 Å². The van der Waals surface area contributed by atoms with E-state index in [-0.39, 0.29) is 22.6 Å². The minimum Gasteiger partial charge on any atom is -0.423 e. The Bertz CT molecular complexity index is 888. The number of carbonyl (C=O) groups excluding carboxylic acids is 1. The second-order valence-corrected chi connectivity index (χ2v) is 4.64. The average molecular weight is 334 g/mol. The van der Waals surface area contributed by atoms with Crippen molar-refractivity contribution in [3.8, 4) is 17.9 Å². The molecule has 0 spiro atoms. The highest BCUT2D eigenvalue weighted by Gasteiger charge is 2.11. The molecule has 0 atom stereocenters. The van der Waals surface area contributed by atoms with E-state index in [1.54, 1.807) is 24.3 Å². The second-order valence-electron chi connectivity index (χ2n) is 4.64. The topological polar surface area (TPSA) is 129 Å². The first-order chi connectivity index (χ1) is 12.0. The van der Waals surface area contributed by atoms with Crippen molar-refractivity contribution in [1.82, 2.24) is 0 Å².